The Labute approximate surface area is 188 Å². The van der Waals surface area contributed by atoms with E-state index in [0.29, 0.717) is 35.0 Å². The Morgan fingerprint density at radius 2 is 1.84 bits per heavy atom. The number of ether oxygens (including phenoxy) is 1. The molecule has 0 aliphatic carbocycles. The number of aromatic nitrogens is 1. The van der Waals surface area contributed by atoms with Crippen molar-refractivity contribution in [2.24, 2.45) is 0 Å². The van der Waals surface area contributed by atoms with E-state index in [1.54, 1.807) is 6.92 Å². The molecule has 1 heterocycles. The van der Waals surface area contributed by atoms with E-state index in [0.717, 1.165) is 6.42 Å². The summed E-state index contributed by atoms with van der Waals surface area (Å²) < 4.78 is 30.4. The summed E-state index contributed by atoms with van der Waals surface area (Å²) in [5, 5.41) is 20.4. The lowest BCUT2D eigenvalue weighted by atomic mass is 9.91. The van der Waals surface area contributed by atoms with Gasteiger partial charge in [0.05, 0.1) is 16.5 Å². The van der Waals surface area contributed by atoms with Crippen LogP contribution in [0.2, 0.25) is 5.02 Å². The summed E-state index contributed by atoms with van der Waals surface area (Å²) in [6, 6.07) is 7.97. The third kappa shape index (κ3) is 4.55. The van der Waals surface area contributed by atoms with Gasteiger partial charge in [0.2, 0.25) is 0 Å². The Balaban J connectivity index is 2.18. The number of carbonyl (C=O) groups is 2. The summed E-state index contributed by atoms with van der Waals surface area (Å²) >= 11 is 6.09. The second-order valence-corrected chi connectivity index (χ2v) is 7.80. The van der Waals surface area contributed by atoms with Crippen molar-refractivity contribution in [3.63, 3.8) is 0 Å². The first-order chi connectivity index (χ1) is 15.1. The second-order valence-electron chi connectivity index (χ2n) is 7.40. The average Bonchev–Trinajstić information content (AvgIpc) is 2.99. The van der Waals surface area contributed by atoms with Crippen molar-refractivity contribution in [3.8, 4) is 11.5 Å². The highest BCUT2D eigenvalue weighted by Crippen LogP contribution is 2.39. The number of fused-ring (bicyclic) bond motifs is 1. The summed E-state index contributed by atoms with van der Waals surface area (Å²) in [7, 11) is 0. The number of phenolic OH excluding ortho intramolecular Hbond substituents is 1. The minimum absolute atomic E-state index is 0.0108. The van der Waals surface area contributed by atoms with Crippen LogP contribution in [0.1, 0.15) is 53.7 Å². The molecule has 1 atom stereocenters. The lowest BCUT2D eigenvalue weighted by molar-refractivity contribution is -0.139. The number of nitrogens with zero attached hydrogens (tertiary/aromatic N) is 1. The molecular formula is C23H22ClF2NO5. The van der Waals surface area contributed by atoms with Crippen LogP contribution in [0.15, 0.2) is 36.4 Å². The van der Waals surface area contributed by atoms with Crippen molar-refractivity contribution in [3.05, 3.63) is 58.2 Å². The molecule has 0 amide bonds. The first kappa shape index (κ1) is 23.5. The van der Waals surface area contributed by atoms with Crippen LogP contribution >= 0.6 is 11.6 Å². The quantitative estimate of drug-likeness (QED) is 0.428. The van der Waals surface area contributed by atoms with Gasteiger partial charge in [0.1, 0.15) is 11.5 Å². The molecule has 9 heteroatoms. The number of phenols is 1. The fourth-order valence-electron chi connectivity index (χ4n) is 3.86. The van der Waals surface area contributed by atoms with Crippen molar-refractivity contribution < 1.29 is 33.3 Å². The number of hydrogen-bond acceptors (Lipinski definition) is 4. The van der Waals surface area contributed by atoms with E-state index in [9.17, 15) is 28.6 Å². The number of unbranched alkanes of at least 4 members (excludes halogenated alkanes) is 1. The molecule has 32 heavy (non-hydrogen) atoms. The van der Waals surface area contributed by atoms with Crippen molar-refractivity contribution in [2.75, 3.05) is 0 Å². The summed E-state index contributed by atoms with van der Waals surface area (Å²) in [5.41, 5.74) is 1.37. The molecule has 1 unspecified atom stereocenters. The lowest BCUT2D eigenvalue weighted by Gasteiger charge is -2.14. The van der Waals surface area contributed by atoms with Crippen LogP contribution in [0.4, 0.5) is 8.78 Å². The molecule has 6 nitrogen and oxygen atoms in total. The number of carboxylic acid groups (broad SMARTS) is 1. The van der Waals surface area contributed by atoms with Gasteiger partial charge in [-0.15, -0.1) is 0 Å². The highest BCUT2D eigenvalue weighted by atomic mass is 35.5. The van der Waals surface area contributed by atoms with E-state index in [4.69, 9.17) is 11.6 Å². The summed E-state index contributed by atoms with van der Waals surface area (Å²) in [6.07, 6.45) is 1.83. The maximum absolute atomic E-state index is 13.4. The van der Waals surface area contributed by atoms with E-state index in [2.05, 4.69) is 4.74 Å². The number of aliphatic carboxylic acids is 1. The summed E-state index contributed by atoms with van der Waals surface area (Å²) in [4.78, 5) is 25.4. The molecular weight excluding hydrogens is 444 g/mol. The maximum atomic E-state index is 13.4. The van der Waals surface area contributed by atoms with Crippen LogP contribution in [0, 0.1) is 6.92 Å². The number of carboxylic acids is 1. The normalized spacial score (nSPS) is 12.3. The number of hydrogen-bond donors (Lipinski definition) is 2. The number of halogens is 3. The zero-order valence-corrected chi connectivity index (χ0v) is 18.2. The van der Waals surface area contributed by atoms with Crippen molar-refractivity contribution in [1.29, 1.82) is 0 Å². The fourth-order valence-corrected chi connectivity index (χ4v) is 4.02. The molecule has 0 saturated heterocycles. The van der Waals surface area contributed by atoms with E-state index < -0.39 is 24.4 Å². The number of aromatic hydroxyl groups is 1. The number of alkyl halides is 2. The Hall–Kier alpha value is -3.13. The first-order valence-electron chi connectivity index (χ1n) is 10.0. The fraction of sp³-hybridized carbons (Fsp3) is 0.304. The van der Waals surface area contributed by atoms with Crippen LogP contribution in [0.5, 0.6) is 11.5 Å². The largest absolute Gasteiger partial charge is 0.506 e. The molecule has 0 bridgehead atoms. The van der Waals surface area contributed by atoms with Gasteiger partial charge in [0.15, 0.2) is 0 Å². The van der Waals surface area contributed by atoms with Gasteiger partial charge in [-0.3, -0.25) is 14.2 Å². The minimum Gasteiger partial charge on any atom is -0.506 e. The molecule has 2 aromatic carbocycles. The standard InChI is InChI=1S/C23H22ClF2NO5/c1-3-4-5-15(22(30)31)20-12(2)27(18-11-17(24)19(28)10-16(18)20)21(29)13-6-8-14(9-7-13)32-23(25)26/h6-11,15,23,28H,3-5H2,1-2H3,(H,30,31). The van der Waals surface area contributed by atoms with E-state index in [1.165, 1.54) is 41.0 Å². The smallest absolute Gasteiger partial charge is 0.387 e. The van der Waals surface area contributed by atoms with E-state index in [1.807, 2.05) is 6.92 Å². The van der Waals surface area contributed by atoms with Gasteiger partial charge in [-0.05, 0) is 55.3 Å². The van der Waals surface area contributed by atoms with Crippen molar-refractivity contribution >= 4 is 34.4 Å². The molecule has 1 aromatic heterocycles. The van der Waals surface area contributed by atoms with Gasteiger partial charge in [0.25, 0.3) is 5.91 Å². The van der Waals surface area contributed by atoms with Crippen LogP contribution in [-0.4, -0.2) is 33.3 Å². The summed E-state index contributed by atoms with van der Waals surface area (Å²) in [5.74, 6) is -2.73. The molecule has 0 aliphatic heterocycles. The van der Waals surface area contributed by atoms with Crippen LogP contribution in [0.25, 0.3) is 10.9 Å². The predicted octanol–water partition coefficient (Wildman–Crippen LogP) is 5.96. The summed E-state index contributed by atoms with van der Waals surface area (Å²) in [6.45, 7) is 0.598. The number of rotatable bonds is 8. The topological polar surface area (TPSA) is 88.8 Å². The minimum atomic E-state index is -2.99. The Morgan fingerprint density at radius 1 is 1.19 bits per heavy atom. The Kier molecular flexibility index (Phi) is 7.03. The lowest BCUT2D eigenvalue weighted by Crippen LogP contribution is -2.16. The molecule has 0 fully saturated rings. The molecule has 3 rings (SSSR count). The van der Waals surface area contributed by atoms with Gasteiger partial charge in [-0.1, -0.05) is 31.4 Å². The van der Waals surface area contributed by atoms with Crippen LogP contribution in [0.3, 0.4) is 0 Å². The van der Waals surface area contributed by atoms with E-state index >= 15 is 0 Å². The first-order valence-corrected chi connectivity index (χ1v) is 10.4. The third-order valence-corrected chi connectivity index (χ3v) is 5.65. The van der Waals surface area contributed by atoms with Gasteiger partial charge in [0, 0.05) is 16.6 Å². The zero-order valence-electron chi connectivity index (χ0n) is 17.4. The van der Waals surface area contributed by atoms with Gasteiger partial charge < -0.3 is 14.9 Å². The van der Waals surface area contributed by atoms with Gasteiger partial charge in [-0.2, -0.15) is 8.78 Å². The van der Waals surface area contributed by atoms with Crippen molar-refractivity contribution in [2.45, 2.75) is 45.6 Å². The Morgan fingerprint density at radius 3 is 2.41 bits per heavy atom. The monoisotopic (exact) mass is 465 g/mol. The molecule has 0 spiro atoms. The van der Waals surface area contributed by atoms with Gasteiger partial charge in [-0.25, -0.2) is 0 Å². The highest BCUT2D eigenvalue weighted by molar-refractivity contribution is 6.33. The number of benzene rings is 2. The third-order valence-electron chi connectivity index (χ3n) is 5.34. The maximum Gasteiger partial charge on any atom is 0.387 e. The molecule has 170 valence electrons. The number of carbonyl (C=O) groups excluding carboxylic acids is 1. The Bertz CT molecular complexity index is 1160. The predicted molar refractivity (Wildman–Crippen MR) is 116 cm³/mol. The second kappa shape index (κ2) is 9.56. The SMILES string of the molecule is CCCCC(C(=O)O)c1c(C)n(C(=O)c2ccc(OC(F)F)cc2)c2cc(Cl)c(O)cc12. The van der Waals surface area contributed by atoms with Crippen LogP contribution in [-0.2, 0) is 4.79 Å². The van der Waals surface area contributed by atoms with Gasteiger partial charge >= 0.3 is 12.6 Å². The molecule has 0 radical (unpaired) electrons. The van der Waals surface area contributed by atoms with E-state index in [-0.39, 0.29) is 22.1 Å². The zero-order chi connectivity index (χ0) is 23.6. The molecule has 2 N–H and O–H groups in total. The molecule has 0 aliphatic rings. The van der Waals surface area contributed by atoms with Crippen molar-refractivity contribution in [1.82, 2.24) is 4.57 Å². The highest BCUT2D eigenvalue weighted by Gasteiger charge is 2.29. The average molecular weight is 466 g/mol. The molecule has 3 aromatic rings. The molecule has 0 saturated carbocycles. The van der Waals surface area contributed by atoms with Crippen LogP contribution < -0.4 is 4.74 Å².